The van der Waals surface area contributed by atoms with Crippen LogP contribution < -0.4 is 0 Å². The normalized spacial score (nSPS) is 20.5. The molecule has 1 fully saturated rings. The highest BCUT2D eigenvalue weighted by Gasteiger charge is 2.36. The number of aromatic carboxylic acids is 1. The van der Waals surface area contributed by atoms with Crippen LogP contribution in [0, 0.1) is 0 Å². The summed E-state index contributed by atoms with van der Waals surface area (Å²) in [4.78, 5) is 13.0. The molecule has 2 aliphatic rings. The average molecular weight is 344 g/mol. The van der Waals surface area contributed by atoms with Crippen molar-refractivity contribution in [3.63, 3.8) is 0 Å². The second-order valence-corrected chi connectivity index (χ2v) is 7.46. The maximum atomic E-state index is 11.8. The summed E-state index contributed by atoms with van der Waals surface area (Å²) in [7, 11) is 0. The molecule has 24 heavy (non-hydrogen) atoms. The number of aromatic nitrogens is 2. The third-order valence-electron chi connectivity index (χ3n) is 4.79. The van der Waals surface area contributed by atoms with Gasteiger partial charge in [0.25, 0.3) is 0 Å². The van der Waals surface area contributed by atoms with Crippen LogP contribution in [0.15, 0.2) is 29.2 Å². The van der Waals surface area contributed by atoms with Crippen LogP contribution in [-0.2, 0) is 4.74 Å². The SMILES string of the molecule is CCC1Sc2ccccc2-c2c1c(C(=O)O)nn2C1CCOCC1. The van der Waals surface area contributed by atoms with Gasteiger partial charge in [0.05, 0.1) is 11.7 Å². The smallest absolute Gasteiger partial charge is 0.356 e. The lowest BCUT2D eigenvalue weighted by Gasteiger charge is -2.28. The van der Waals surface area contributed by atoms with Crippen molar-refractivity contribution >= 4 is 17.7 Å². The minimum atomic E-state index is -0.935. The van der Waals surface area contributed by atoms with Crippen LogP contribution in [0.25, 0.3) is 11.3 Å². The van der Waals surface area contributed by atoms with E-state index in [-0.39, 0.29) is 17.0 Å². The van der Waals surface area contributed by atoms with E-state index < -0.39 is 5.97 Å². The van der Waals surface area contributed by atoms with Gasteiger partial charge in [-0.15, -0.1) is 11.8 Å². The summed E-state index contributed by atoms with van der Waals surface area (Å²) in [5.41, 5.74) is 3.21. The van der Waals surface area contributed by atoms with Gasteiger partial charge in [-0.3, -0.25) is 4.68 Å². The Labute approximate surface area is 145 Å². The number of carboxylic acid groups (broad SMARTS) is 1. The van der Waals surface area contributed by atoms with Crippen LogP contribution in [-0.4, -0.2) is 34.1 Å². The van der Waals surface area contributed by atoms with Gasteiger partial charge < -0.3 is 9.84 Å². The molecular weight excluding hydrogens is 324 g/mol. The second kappa shape index (κ2) is 6.26. The third kappa shape index (κ3) is 2.45. The van der Waals surface area contributed by atoms with Crippen molar-refractivity contribution in [3.8, 4) is 11.3 Å². The largest absolute Gasteiger partial charge is 0.476 e. The summed E-state index contributed by atoms with van der Waals surface area (Å²) in [5, 5.41) is 14.4. The molecule has 2 aromatic rings. The Morgan fingerprint density at radius 3 is 2.83 bits per heavy atom. The van der Waals surface area contributed by atoms with Crippen molar-refractivity contribution in [2.75, 3.05) is 13.2 Å². The number of benzene rings is 1. The van der Waals surface area contributed by atoms with Gasteiger partial charge >= 0.3 is 5.97 Å². The number of ether oxygens (including phenoxy) is 1. The predicted octanol–water partition coefficient (Wildman–Crippen LogP) is 4.16. The Hall–Kier alpha value is -1.79. The number of hydrogen-bond acceptors (Lipinski definition) is 4. The molecule has 0 aliphatic carbocycles. The maximum Gasteiger partial charge on any atom is 0.356 e. The molecule has 0 spiro atoms. The Balaban J connectivity index is 1.95. The van der Waals surface area contributed by atoms with Crippen LogP contribution in [0.4, 0.5) is 0 Å². The summed E-state index contributed by atoms with van der Waals surface area (Å²) in [6.07, 6.45) is 2.63. The van der Waals surface area contributed by atoms with Crippen LogP contribution in [0.2, 0.25) is 0 Å². The van der Waals surface area contributed by atoms with Gasteiger partial charge in [0, 0.05) is 34.5 Å². The number of fused-ring (bicyclic) bond motifs is 3. The quantitative estimate of drug-likeness (QED) is 0.906. The summed E-state index contributed by atoms with van der Waals surface area (Å²) in [6, 6.07) is 8.45. The van der Waals surface area contributed by atoms with Crippen molar-refractivity contribution in [2.24, 2.45) is 0 Å². The number of thioether (sulfide) groups is 1. The van der Waals surface area contributed by atoms with Crippen LogP contribution >= 0.6 is 11.8 Å². The topological polar surface area (TPSA) is 64.3 Å². The van der Waals surface area contributed by atoms with E-state index in [1.165, 1.54) is 4.90 Å². The van der Waals surface area contributed by atoms with Gasteiger partial charge in [-0.1, -0.05) is 25.1 Å². The van der Waals surface area contributed by atoms with Crippen molar-refractivity contribution < 1.29 is 14.6 Å². The first-order valence-electron chi connectivity index (χ1n) is 8.40. The van der Waals surface area contributed by atoms with Gasteiger partial charge in [-0.05, 0) is 25.3 Å². The molecule has 3 heterocycles. The molecule has 1 aromatic carbocycles. The molecule has 0 bridgehead atoms. The Morgan fingerprint density at radius 1 is 1.38 bits per heavy atom. The highest BCUT2D eigenvalue weighted by molar-refractivity contribution is 7.99. The van der Waals surface area contributed by atoms with E-state index in [4.69, 9.17) is 4.74 Å². The van der Waals surface area contributed by atoms with Gasteiger partial charge in [-0.25, -0.2) is 4.79 Å². The van der Waals surface area contributed by atoms with Crippen molar-refractivity contribution in [3.05, 3.63) is 35.5 Å². The first kappa shape index (κ1) is 15.7. The fourth-order valence-electron chi connectivity index (χ4n) is 3.64. The van der Waals surface area contributed by atoms with Crippen molar-refractivity contribution in [1.29, 1.82) is 0 Å². The molecule has 5 nitrogen and oxygen atoms in total. The number of hydrogen-bond donors (Lipinski definition) is 1. The summed E-state index contributed by atoms with van der Waals surface area (Å²) < 4.78 is 7.44. The summed E-state index contributed by atoms with van der Waals surface area (Å²) in [5.74, 6) is -0.935. The number of rotatable bonds is 3. The van der Waals surface area contributed by atoms with Crippen LogP contribution in [0.3, 0.4) is 0 Å². The predicted molar refractivity (Wildman–Crippen MR) is 92.6 cm³/mol. The molecule has 0 radical (unpaired) electrons. The molecule has 1 aromatic heterocycles. The molecule has 1 unspecified atom stereocenters. The third-order valence-corrected chi connectivity index (χ3v) is 6.25. The number of carbonyl (C=O) groups is 1. The van der Waals surface area contributed by atoms with Crippen LogP contribution in [0.5, 0.6) is 0 Å². The Kier molecular flexibility index (Phi) is 4.10. The zero-order chi connectivity index (χ0) is 16.7. The molecule has 0 saturated carbocycles. The first-order chi connectivity index (χ1) is 11.7. The van der Waals surface area contributed by atoms with Crippen LogP contribution in [0.1, 0.15) is 53.5 Å². The lowest BCUT2D eigenvalue weighted by molar-refractivity contribution is 0.0648. The average Bonchev–Trinajstić information content (AvgIpc) is 3.03. The molecule has 1 N–H and O–H groups in total. The van der Waals surface area contributed by atoms with E-state index in [2.05, 4.69) is 24.2 Å². The number of carboxylic acids is 1. The highest BCUT2D eigenvalue weighted by atomic mass is 32.2. The fourth-order valence-corrected chi connectivity index (χ4v) is 4.90. The highest BCUT2D eigenvalue weighted by Crippen LogP contribution is 2.52. The van der Waals surface area contributed by atoms with E-state index >= 15 is 0 Å². The number of nitrogens with zero attached hydrogens (tertiary/aromatic N) is 2. The Morgan fingerprint density at radius 2 is 2.12 bits per heavy atom. The van der Waals surface area contributed by atoms with Gasteiger partial charge in [0.1, 0.15) is 0 Å². The standard InChI is InChI=1S/C18H20N2O3S/c1-2-13-15-16(18(21)22)19-20(11-7-9-23-10-8-11)17(15)12-5-3-4-6-14(12)24-13/h3-6,11,13H,2,7-10H2,1H3,(H,21,22). The van der Waals surface area contributed by atoms with Gasteiger partial charge in [0.15, 0.2) is 5.69 Å². The molecular formula is C18H20N2O3S. The van der Waals surface area contributed by atoms with Gasteiger partial charge in [0.2, 0.25) is 0 Å². The maximum absolute atomic E-state index is 11.8. The molecule has 6 heteroatoms. The van der Waals surface area contributed by atoms with E-state index in [1.54, 1.807) is 11.8 Å². The van der Waals surface area contributed by atoms with Gasteiger partial charge in [-0.2, -0.15) is 5.10 Å². The molecule has 0 amide bonds. The molecule has 4 rings (SSSR count). The fraction of sp³-hybridized carbons (Fsp3) is 0.444. The monoisotopic (exact) mass is 344 g/mol. The molecule has 126 valence electrons. The van der Waals surface area contributed by atoms with Crippen molar-refractivity contribution in [2.45, 2.75) is 42.4 Å². The molecule has 2 aliphatic heterocycles. The van der Waals surface area contributed by atoms with E-state index in [1.807, 2.05) is 16.8 Å². The molecule has 1 atom stereocenters. The second-order valence-electron chi connectivity index (χ2n) is 6.22. The minimum absolute atomic E-state index is 0.134. The summed E-state index contributed by atoms with van der Waals surface area (Å²) in [6.45, 7) is 3.51. The van der Waals surface area contributed by atoms with E-state index in [0.29, 0.717) is 13.2 Å². The zero-order valence-electron chi connectivity index (χ0n) is 13.6. The first-order valence-corrected chi connectivity index (χ1v) is 9.28. The summed E-state index contributed by atoms with van der Waals surface area (Å²) >= 11 is 1.75. The minimum Gasteiger partial charge on any atom is -0.476 e. The van der Waals surface area contributed by atoms with E-state index in [0.717, 1.165) is 36.1 Å². The lowest BCUT2D eigenvalue weighted by Crippen LogP contribution is -2.22. The van der Waals surface area contributed by atoms with E-state index in [9.17, 15) is 9.90 Å². The van der Waals surface area contributed by atoms with Crippen molar-refractivity contribution in [1.82, 2.24) is 9.78 Å². The molecule has 1 saturated heterocycles. The Bertz CT molecular complexity index is 781. The zero-order valence-corrected chi connectivity index (χ0v) is 14.4. The lowest BCUT2D eigenvalue weighted by atomic mass is 9.99.